The molecule has 0 saturated carbocycles. The van der Waals surface area contributed by atoms with E-state index in [2.05, 4.69) is 25.3 Å². The van der Waals surface area contributed by atoms with Gasteiger partial charge in [-0.1, -0.05) is 23.4 Å². The van der Waals surface area contributed by atoms with Crippen LogP contribution in [0.25, 0.3) is 33.1 Å². The molecule has 28 heavy (non-hydrogen) atoms. The molecule has 2 aromatic carbocycles. The Morgan fingerprint density at radius 3 is 2.43 bits per heavy atom. The summed E-state index contributed by atoms with van der Waals surface area (Å²) >= 11 is 0. The molecule has 0 aliphatic rings. The van der Waals surface area contributed by atoms with Gasteiger partial charge < -0.3 is 5.73 Å². The van der Waals surface area contributed by atoms with Gasteiger partial charge in [-0.15, -0.1) is 5.10 Å². The third-order valence-electron chi connectivity index (χ3n) is 4.59. The van der Waals surface area contributed by atoms with Gasteiger partial charge in [0.15, 0.2) is 0 Å². The molecule has 5 aromatic rings. The van der Waals surface area contributed by atoms with Crippen molar-refractivity contribution in [2.45, 2.75) is 6.54 Å². The first-order chi connectivity index (χ1) is 13.7. The number of benzene rings is 2. The van der Waals surface area contributed by atoms with E-state index in [-0.39, 0.29) is 11.8 Å². The molecule has 5 rings (SSSR count). The summed E-state index contributed by atoms with van der Waals surface area (Å²) in [5.41, 5.74) is 10.7. The zero-order valence-electron chi connectivity index (χ0n) is 14.6. The van der Waals surface area contributed by atoms with Crippen molar-refractivity contribution in [2.75, 3.05) is 5.73 Å². The highest BCUT2D eigenvalue weighted by atomic mass is 19.1. The van der Waals surface area contributed by atoms with Crippen LogP contribution in [0.15, 0.2) is 61.1 Å². The highest BCUT2D eigenvalue weighted by molar-refractivity contribution is 6.03. The molecule has 0 saturated heterocycles. The van der Waals surface area contributed by atoms with E-state index in [1.165, 1.54) is 12.1 Å². The minimum Gasteiger partial charge on any atom is -0.368 e. The molecule has 3 heterocycles. The van der Waals surface area contributed by atoms with Crippen molar-refractivity contribution >= 4 is 27.9 Å². The zero-order valence-corrected chi connectivity index (χ0v) is 14.6. The standard InChI is InChI=1S/C20H14FN7/c21-15-4-1-12(2-5-15)11-28-19-16-7-13(14-8-24-20(22)25-9-14)3-6-17(16)23-10-18(19)26-27-28/h1-10H,11H2,(H2,22,24,25). The number of anilines is 1. The molecule has 3 aromatic heterocycles. The van der Waals surface area contributed by atoms with E-state index in [1.54, 1.807) is 35.4 Å². The fourth-order valence-corrected chi connectivity index (χ4v) is 3.20. The van der Waals surface area contributed by atoms with Crippen LogP contribution >= 0.6 is 0 Å². The Bertz CT molecular complexity index is 1290. The van der Waals surface area contributed by atoms with Crippen LogP contribution in [-0.2, 0) is 6.54 Å². The van der Waals surface area contributed by atoms with Gasteiger partial charge in [-0.2, -0.15) is 0 Å². The number of nitrogens with two attached hydrogens (primary N) is 1. The molecule has 2 N–H and O–H groups in total. The number of fused-ring (bicyclic) bond motifs is 3. The van der Waals surface area contributed by atoms with Gasteiger partial charge in [0.25, 0.3) is 0 Å². The smallest absolute Gasteiger partial charge is 0.219 e. The van der Waals surface area contributed by atoms with Crippen LogP contribution in [-0.4, -0.2) is 29.9 Å². The number of hydrogen-bond donors (Lipinski definition) is 1. The van der Waals surface area contributed by atoms with Crippen LogP contribution in [0, 0.1) is 5.82 Å². The molecule has 0 aliphatic carbocycles. The summed E-state index contributed by atoms with van der Waals surface area (Å²) in [7, 11) is 0. The lowest BCUT2D eigenvalue weighted by atomic mass is 10.1. The van der Waals surface area contributed by atoms with Gasteiger partial charge in [0.2, 0.25) is 5.95 Å². The quantitative estimate of drug-likeness (QED) is 0.523. The summed E-state index contributed by atoms with van der Waals surface area (Å²) in [6, 6.07) is 12.3. The second-order valence-electron chi connectivity index (χ2n) is 6.43. The van der Waals surface area contributed by atoms with Crippen molar-refractivity contribution in [3.05, 3.63) is 72.4 Å². The molecule has 0 atom stereocenters. The third kappa shape index (κ3) is 2.81. The average Bonchev–Trinajstić information content (AvgIpc) is 3.13. The molecular weight excluding hydrogens is 357 g/mol. The van der Waals surface area contributed by atoms with E-state index in [0.717, 1.165) is 33.1 Å². The minimum atomic E-state index is -0.266. The lowest BCUT2D eigenvalue weighted by Gasteiger charge is -2.07. The summed E-state index contributed by atoms with van der Waals surface area (Å²) in [5.74, 6) is -0.0348. The second kappa shape index (κ2) is 6.34. The molecule has 136 valence electrons. The second-order valence-corrected chi connectivity index (χ2v) is 6.43. The van der Waals surface area contributed by atoms with Crippen molar-refractivity contribution in [3.8, 4) is 11.1 Å². The van der Waals surface area contributed by atoms with E-state index in [4.69, 9.17) is 5.73 Å². The molecular formula is C20H14FN7. The molecule has 0 amide bonds. The summed E-state index contributed by atoms with van der Waals surface area (Å²) < 4.78 is 15.0. The van der Waals surface area contributed by atoms with Gasteiger partial charge in [0, 0.05) is 23.3 Å². The number of nitrogen functional groups attached to an aromatic ring is 1. The van der Waals surface area contributed by atoms with Crippen LogP contribution in [0.4, 0.5) is 10.3 Å². The summed E-state index contributed by atoms with van der Waals surface area (Å²) in [5, 5.41) is 9.42. The number of hydrogen-bond acceptors (Lipinski definition) is 6. The number of nitrogens with zero attached hydrogens (tertiary/aromatic N) is 6. The van der Waals surface area contributed by atoms with Crippen molar-refractivity contribution in [1.82, 2.24) is 29.9 Å². The predicted molar refractivity (Wildman–Crippen MR) is 104 cm³/mol. The monoisotopic (exact) mass is 371 g/mol. The van der Waals surface area contributed by atoms with Crippen molar-refractivity contribution in [3.63, 3.8) is 0 Å². The zero-order chi connectivity index (χ0) is 19.1. The molecule has 0 bridgehead atoms. The number of aromatic nitrogens is 6. The molecule has 8 heteroatoms. The molecule has 0 unspecified atom stereocenters. The lowest BCUT2D eigenvalue weighted by Crippen LogP contribution is -2.02. The van der Waals surface area contributed by atoms with Gasteiger partial charge in [-0.25, -0.2) is 19.0 Å². The van der Waals surface area contributed by atoms with Gasteiger partial charge in [0.05, 0.1) is 18.3 Å². The van der Waals surface area contributed by atoms with Crippen molar-refractivity contribution in [2.24, 2.45) is 0 Å². The van der Waals surface area contributed by atoms with Gasteiger partial charge in [-0.3, -0.25) is 4.98 Å². The SMILES string of the molecule is Nc1ncc(-c2ccc3ncc4nnn(Cc5ccc(F)cc5)c4c3c2)cn1. The Hall–Kier alpha value is -3.94. The van der Waals surface area contributed by atoms with Crippen LogP contribution < -0.4 is 5.73 Å². The van der Waals surface area contributed by atoms with Crippen LogP contribution in [0.1, 0.15) is 5.56 Å². The Balaban J connectivity index is 1.66. The van der Waals surface area contributed by atoms with E-state index >= 15 is 0 Å². The fourth-order valence-electron chi connectivity index (χ4n) is 3.20. The van der Waals surface area contributed by atoms with E-state index < -0.39 is 0 Å². The Labute approximate surface area is 158 Å². The van der Waals surface area contributed by atoms with Gasteiger partial charge in [0.1, 0.15) is 16.9 Å². The number of halogens is 1. The first-order valence-corrected chi connectivity index (χ1v) is 8.62. The van der Waals surface area contributed by atoms with Gasteiger partial charge in [-0.05, 0) is 35.4 Å². The minimum absolute atomic E-state index is 0.232. The van der Waals surface area contributed by atoms with Crippen molar-refractivity contribution < 1.29 is 4.39 Å². The largest absolute Gasteiger partial charge is 0.368 e. The highest BCUT2D eigenvalue weighted by Gasteiger charge is 2.12. The summed E-state index contributed by atoms with van der Waals surface area (Å²) in [6.07, 6.45) is 5.08. The van der Waals surface area contributed by atoms with E-state index in [9.17, 15) is 4.39 Å². The topological polar surface area (TPSA) is 95.4 Å². The maximum atomic E-state index is 13.2. The van der Waals surface area contributed by atoms with E-state index in [0.29, 0.717) is 12.1 Å². The van der Waals surface area contributed by atoms with Crippen molar-refractivity contribution in [1.29, 1.82) is 0 Å². The van der Waals surface area contributed by atoms with Gasteiger partial charge >= 0.3 is 0 Å². The maximum absolute atomic E-state index is 13.2. The number of pyridine rings is 1. The normalized spacial score (nSPS) is 11.3. The highest BCUT2D eigenvalue weighted by Crippen LogP contribution is 2.28. The number of rotatable bonds is 3. The van der Waals surface area contributed by atoms with Crippen LogP contribution in [0.3, 0.4) is 0 Å². The molecule has 0 aliphatic heterocycles. The Morgan fingerprint density at radius 1 is 0.857 bits per heavy atom. The first kappa shape index (κ1) is 16.2. The van der Waals surface area contributed by atoms with Crippen LogP contribution in [0.5, 0.6) is 0 Å². The summed E-state index contributed by atoms with van der Waals surface area (Å²) in [4.78, 5) is 12.6. The molecule has 7 nitrogen and oxygen atoms in total. The lowest BCUT2D eigenvalue weighted by molar-refractivity contribution is 0.624. The van der Waals surface area contributed by atoms with E-state index in [1.807, 2.05) is 18.2 Å². The Kier molecular flexibility index (Phi) is 3.68. The maximum Gasteiger partial charge on any atom is 0.219 e. The molecule has 0 fully saturated rings. The summed E-state index contributed by atoms with van der Waals surface area (Å²) in [6.45, 7) is 0.477. The molecule has 0 spiro atoms. The fraction of sp³-hybridized carbons (Fsp3) is 0.0500. The predicted octanol–water partition coefficient (Wildman–Crippen LogP) is 3.21. The third-order valence-corrected chi connectivity index (χ3v) is 4.59. The average molecular weight is 371 g/mol. The first-order valence-electron chi connectivity index (χ1n) is 8.62. The van der Waals surface area contributed by atoms with Crippen LogP contribution in [0.2, 0.25) is 0 Å². The Morgan fingerprint density at radius 2 is 1.64 bits per heavy atom. The molecule has 0 radical (unpaired) electrons.